The Kier molecular flexibility index (Phi) is 3.83. The maximum atomic E-state index is 5.41. The van der Waals surface area contributed by atoms with Crippen molar-refractivity contribution in [3.8, 4) is 0 Å². The number of rotatable bonds is 2. The van der Waals surface area contributed by atoms with E-state index in [9.17, 15) is 0 Å². The van der Waals surface area contributed by atoms with Crippen LogP contribution in [0.4, 0.5) is 0 Å². The molecule has 2 heterocycles. The minimum Gasteiger partial charge on any atom is -0.377 e. The van der Waals surface area contributed by atoms with Crippen LogP contribution in [-0.4, -0.2) is 23.0 Å². The fourth-order valence-corrected chi connectivity index (χ4v) is 2.40. The molecule has 2 rings (SSSR count). The van der Waals surface area contributed by atoms with Gasteiger partial charge in [0.25, 0.3) is 0 Å². The van der Waals surface area contributed by atoms with E-state index in [1.807, 2.05) is 10.9 Å². The largest absolute Gasteiger partial charge is 0.377 e. The van der Waals surface area contributed by atoms with E-state index in [0.29, 0.717) is 5.92 Å². The SMILES string of the molecule is IC1=CCOCC1Cn1cc(I)cn1. The molecule has 1 aliphatic heterocycles. The van der Waals surface area contributed by atoms with Gasteiger partial charge in [-0.25, -0.2) is 0 Å². The van der Waals surface area contributed by atoms with E-state index < -0.39 is 0 Å². The Morgan fingerprint density at radius 3 is 3.07 bits per heavy atom. The van der Waals surface area contributed by atoms with E-state index in [1.54, 1.807) is 0 Å². The lowest BCUT2D eigenvalue weighted by molar-refractivity contribution is 0.117. The van der Waals surface area contributed by atoms with Crippen molar-refractivity contribution in [1.82, 2.24) is 9.78 Å². The third-order valence-corrected chi connectivity index (χ3v) is 3.99. The van der Waals surface area contributed by atoms with Gasteiger partial charge in [0.05, 0.1) is 29.5 Å². The minimum atomic E-state index is 0.472. The molecule has 5 heteroatoms. The van der Waals surface area contributed by atoms with Gasteiger partial charge in [-0.05, 0) is 54.8 Å². The predicted molar refractivity (Wildman–Crippen MR) is 71.4 cm³/mol. The highest BCUT2D eigenvalue weighted by molar-refractivity contribution is 14.1. The molecule has 0 bridgehead atoms. The lowest BCUT2D eigenvalue weighted by atomic mass is 10.1. The molecule has 1 unspecified atom stereocenters. The summed E-state index contributed by atoms with van der Waals surface area (Å²) in [6.07, 6.45) is 6.07. The molecule has 14 heavy (non-hydrogen) atoms. The highest BCUT2D eigenvalue weighted by atomic mass is 127. The predicted octanol–water partition coefficient (Wildman–Crippen LogP) is 2.45. The molecule has 76 valence electrons. The van der Waals surface area contributed by atoms with Crippen molar-refractivity contribution in [2.24, 2.45) is 5.92 Å². The summed E-state index contributed by atoms with van der Waals surface area (Å²) in [4.78, 5) is 0. The third-order valence-electron chi connectivity index (χ3n) is 2.11. The van der Waals surface area contributed by atoms with E-state index in [2.05, 4.69) is 62.6 Å². The van der Waals surface area contributed by atoms with Crippen molar-refractivity contribution in [3.05, 3.63) is 25.6 Å². The second kappa shape index (κ2) is 4.93. The fraction of sp³-hybridized carbons (Fsp3) is 0.444. The summed E-state index contributed by atoms with van der Waals surface area (Å²) in [7, 11) is 0. The minimum absolute atomic E-state index is 0.472. The smallest absolute Gasteiger partial charge is 0.0657 e. The molecule has 0 aromatic carbocycles. The summed E-state index contributed by atoms with van der Waals surface area (Å²) in [5.74, 6) is 0.472. The van der Waals surface area contributed by atoms with Gasteiger partial charge >= 0.3 is 0 Å². The maximum absolute atomic E-state index is 5.41. The Morgan fingerprint density at radius 2 is 2.43 bits per heavy atom. The lowest BCUT2D eigenvalue weighted by Crippen LogP contribution is -2.21. The zero-order chi connectivity index (χ0) is 9.97. The van der Waals surface area contributed by atoms with Gasteiger partial charge in [0.1, 0.15) is 0 Å². The van der Waals surface area contributed by atoms with Gasteiger partial charge in [-0.3, -0.25) is 4.68 Å². The highest BCUT2D eigenvalue weighted by Gasteiger charge is 2.16. The molecule has 0 amide bonds. The number of hydrogen-bond acceptors (Lipinski definition) is 2. The first-order chi connectivity index (χ1) is 6.75. The molecule has 0 N–H and O–H groups in total. The second-order valence-corrected chi connectivity index (χ2v) is 5.70. The molecule has 0 saturated heterocycles. The average molecular weight is 416 g/mol. The van der Waals surface area contributed by atoms with E-state index in [4.69, 9.17) is 4.74 Å². The van der Waals surface area contributed by atoms with Crippen molar-refractivity contribution in [1.29, 1.82) is 0 Å². The average Bonchev–Trinajstić information content (AvgIpc) is 2.56. The summed E-state index contributed by atoms with van der Waals surface area (Å²) in [6, 6.07) is 0. The second-order valence-electron chi connectivity index (χ2n) is 3.20. The molecule has 0 spiro atoms. The zero-order valence-electron chi connectivity index (χ0n) is 7.49. The molecular weight excluding hydrogens is 406 g/mol. The fourth-order valence-electron chi connectivity index (χ4n) is 1.40. The van der Waals surface area contributed by atoms with Crippen molar-refractivity contribution in [3.63, 3.8) is 0 Å². The summed E-state index contributed by atoms with van der Waals surface area (Å²) < 4.78 is 9.95. The summed E-state index contributed by atoms with van der Waals surface area (Å²) in [5.41, 5.74) is 0. The first-order valence-electron chi connectivity index (χ1n) is 4.37. The molecular formula is C9H10I2N2O. The van der Waals surface area contributed by atoms with Crippen LogP contribution in [0, 0.1) is 9.49 Å². The normalized spacial score (nSPS) is 22.1. The molecule has 0 fully saturated rings. The molecule has 1 aliphatic rings. The van der Waals surface area contributed by atoms with Crippen LogP contribution in [0.5, 0.6) is 0 Å². The van der Waals surface area contributed by atoms with Crippen molar-refractivity contribution < 1.29 is 4.74 Å². The molecule has 0 aliphatic carbocycles. The summed E-state index contributed by atoms with van der Waals surface area (Å²) >= 11 is 4.66. The monoisotopic (exact) mass is 416 g/mol. The Balaban J connectivity index is 2.03. The molecule has 0 radical (unpaired) electrons. The molecule has 1 aromatic heterocycles. The van der Waals surface area contributed by atoms with Crippen LogP contribution < -0.4 is 0 Å². The van der Waals surface area contributed by atoms with Crippen LogP contribution in [0.1, 0.15) is 0 Å². The van der Waals surface area contributed by atoms with Gasteiger partial charge in [-0.2, -0.15) is 5.10 Å². The van der Waals surface area contributed by atoms with Crippen LogP contribution in [0.2, 0.25) is 0 Å². The molecule has 1 atom stereocenters. The Bertz CT molecular complexity index is 348. The molecule has 1 aromatic rings. The Hall–Kier alpha value is 0.370. The van der Waals surface area contributed by atoms with Crippen molar-refractivity contribution >= 4 is 45.2 Å². The summed E-state index contributed by atoms with van der Waals surface area (Å²) in [5, 5.41) is 4.27. The Labute approximate surface area is 110 Å². The van der Waals surface area contributed by atoms with Gasteiger partial charge in [-0.15, -0.1) is 0 Å². The maximum Gasteiger partial charge on any atom is 0.0657 e. The first kappa shape index (κ1) is 10.9. The van der Waals surface area contributed by atoms with Gasteiger partial charge in [-0.1, -0.05) is 0 Å². The van der Waals surface area contributed by atoms with Gasteiger partial charge in [0.2, 0.25) is 0 Å². The first-order valence-corrected chi connectivity index (χ1v) is 6.52. The van der Waals surface area contributed by atoms with Crippen molar-refractivity contribution in [2.75, 3.05) is 13.2 Å². The quantitative estimate of drug-likeness (QED) is 0.694. The van der Waals surface area contributed by atoms with E-state index in [0.717, 1.165) is 19.8 Å². The summed E-state index contributed by atoms with van der Waals surface area (Å²) in [6.45, 7) is 2.48. The van der Waals surface area contributed by atoms with Crippen LogP contribution in [0.15, 0.2) is 22.0 Å². The number of nitrogens with zero attached hydrogens (tertiary/aromatic N) is 2. The standard InChI is InChI=1S/C9H10I2N2O/c10-8-3-12-13(5-8)4-7-6-14-2-1-9(7)11/h1,3,5,7H,2,4,6H2. The van der Waals surface area contributed by atoms with Gasteiger partial charge < -0.3 is 4.74 Å². The van der Waals surface area contributed by atoms with E-state index in [1.165, 1.54) is 7.15 Å². The molecule has 3 nitrogen and oxygen atoms in total. The topological polar surface area (TPSA) is 27.1 Å². The van der Waals surface area contributed by atoms with Crippen LogP contribution >= 0.6 is 45.2 Å². The Morgan fingerprint density at radius 1 is 1.57 bits per heavy atom. The lowest BCUT2D eigenvalue weighted by Gasteiger charge is -2.20. The number of aromatic nitrogens is 2. The third kappa shape index (κ3) is 2.69. The van der Waals surface area contributed by atoms with Gasteiger partial charge in [0, 0.05) is 12.1 Å². The van der Waals surface area contributed by atoms with Crippen LogP contribution in [0.25, 0.3) is 0 Å². The number of hydrogen-bond donors (Lipinski definition) is 0. The highest BCUT2D eigenvalue weighted by Crippen LogP contribution is 2.24. The number of halogens is 2. The van der Waals surface area contributed by atoms with E-state index >= 15 is 0 Å². The molecule has 0 saturated carbocycles. The zero-order valence-corrected chi connectivity index (χ0v) is 11.8. The van der Waals surface area contributed by atoms with Crippen LogP contribution in [0.3, 0.4) is 0 Å². The van der Waals surface area contributed by atoms with Crippen LogP contribution in [-0.2, 0) is 11.3 Å². The van der Waals surface area contributed by atoms with Crippen molar-refractivity contribution in [2.45, 2.75) is 6.54 Å². The van der Waals surface area contributed by atoms with E-state index in [-0.39, 0.29) is 0 Å². The number of ether oxygens (including phenoxy) is 1. The van der Waals surface area contributed by atoms with Gasteiger partial charge in [0.15, 0.2) is 0 Å².